The van der Waals surface area contributed by atoms with Crippen LogP contribution >= 0.6 is 0 Å². The normalized spacial score (nSPS) is 43.6. The molecule has 0 aromatic heterocycles. The first-order chi connectivity index (χ1) is 4.72. The summed E-state index contributed by atoms with van der Waals surface area (Å²) in [5.41, 5.74) is 1.67. The van der Waals surface area contributed by atoms with E-state index in [0.717, 1.165) is 23.7 Å². The smallest absolute Gasteiger partial charge is 0.0138 e. The zero-order valence-corrected chi connectivity index (χ0v) is 7.09. The topological polar surface area (TPSA) is 0 Å². The minimum atomic E-state index is 0.915. The monoisotopic (exact) mass is 136 g/mol. The second-order valence-electron chi connectivity index (χ2n) is 4.19. The van der Waals surface area contributed by atoms with E-state index in [0.29, 0.717) is 0 Å². The third-order valence-electron chi connectivity index (χ3n) is 3.24. The van der Waals surface area contributed by atoms with Crippen LogP contribution in [0, 0.1) is 23.7 Å². The lowest BCUT2D eigenvalue weighted by Gasteiger charge is -2.04. The van der Waals surface area contributed by atoms with Crippen LogP contribution in [0.1, 0.15) is 27.2 Å². The van der Waals surface area contributed by atoms with Crippen molar-refractivity contribution in [2.24, 2.45) is 23.7 Å². The molecule has 0 aromatic carbocycles. The molecular formula is C10H16. The predicted molar refractivity (Wildman–Crippen MR) is 43.7 cm³/mol. The van der Waals surface area contributed by atoms with Crippen LogP contribution in [0.4, 0.5) is 0 Å². The molecule has 1 fully saturated rings. The summed E-state index contributed by atoms with van der Waals surface area (Å²) < 4.78 is 0. The van der Waals surface area contributed by atoms with Crippen LogP contribution in [0.25, 0.3) is 0 Å². The van der Waals surface area contributed by atoms with E-state index in [2.05, 4.69) is 26.8 Å². The van der Waals surface area contributed by atoms with E-state index in [1.807, 2.05) is 0 Å². The van der Waals surface area contributed by atoms with Crippen molar-refractivity contribution in [2.45, 2.75) is 27.2 Å². The number of hydrogen-bond acceptors (Lipinski definition) is 0. The summed E-state index contributed by atoms with van der Waals surface area (Å²) >= 11 is 0. The Labute approximate surface area is 63.3 Å². The maximum absolute atomic E-state index is 2.42. The highest BCUT2D eigenvalue weighted by Crippen LogP contribution is 2.60. The molecule has 2 aliphatic carbocycles. The van der Waals surface area contributed by atoms with Gasteiger partial charge in [-0.15, -0.1) is 0 Å². The van der Waals surface area contributed by atoms with E-state index in [1.165, 1.54) is 6.42 Å². The van der Waals surface area contributed by atoms with Gasteiger partial charge in [-0.2, -0.15) is 0 Å². The van der Waals surface area contributed by atoms with Gasteiger partial charge in [0.1, 0.15) is 0 Å². The molecule has 1 saturated carbocycles. The minimum absolute atomic E-state index is 0.915. The Bertz CT molecular complexity index is 176. The third-order valence-corrected chi connectivity index (χ3v) is 3.24. The maximum Gasteiger partial charge on any atom is -0.0138 e. The number of fused-ring (bicyclic) bond motifs is 1. The van der Waals surface area contributed by atoms with E-state index < -0.39 is 0 Å². The first-order valence-corrected chi connectivity index (χ1v) is 4.38. The molecule has 0 heterocycles. The first-order valence-electron chi connectivity index (χ1n) is 4.38. The van der Waals surface area contributed by atoms with Crippen LogP contribution in [0.15, 0.2) is 11.6 Å². The average Bonchev–Trinajstić information content (AvgIpc) is 2.48. The highest BCUT2D eigenvalue weighted by molar-refractivity contribution is 5.25. The van der Waals surface area contributed by atoms with E-state index in [4.69, 9.17) is 0 Å². The summed E-state index contributed by atoms with van der Waals surface area (Å²) in [5.74, 6) is 4.02. The van der Waals surface area contributed by atoms with Crippen molar-refractivity contribution >= 4 is 0 Å². The van der Waals surface area contributed by atoms with Crippen LogP contribution in [0.5, 0.6) is 0 Å². The van der Waals surface area contributed by atoms with Crippen LogP contribution in [-0.2, 0) is 0 Å². The largest absolute Gasteiger partial charge is 0.0850 e. The Morgan fingerprint density at radius 1 is 1.50 bits per heavy atom. The van der Waals surface area contributed by atoms with E-state index in [9.17, 15) is 0 Å². The Morgan fingerprint density at radius 2 is 2.20 bits per heavy atom. The van der Waals surface area contributed by atoms with Crippen molar-refractivity contribution < 1.29 is 0 Å². The molecule has 2 rings (SSSR count). The molecule has 2 aliphatic rings. The fourth-order valence-electron chi connectivity index (χ4n) is 2.71. The number of rotatable bonds is 1. The summed E-state index contributed by atoms with van der Waals surface area (Å²) in [6.07, 6.45) is 3.80. The van der Waals surface area contributed by atoms with E-state index >= 15 is 0 Å². The summed E-state index contributed by atoms with van der Waals surface area (Å²) in [4.78, 5) is 0. The van der Waals surface area contributed by atoms with Crippen LogP contribution in [0.3, 0.4) is 0 Å². The van der Waals surface area contributed by atoms with Gasteiger partial charge in [0.15, 0.2) is 0 Å². The molecule has 3 atom stereocenters. The molecule has 0 heteroatoms. The van der Waals surface area contributed by atoms with E-state index in [-0.39, 0.29) is 0 Å². The van der Waals surface area contributed by atoms with Gasteiger partial charge in [0, 0.05) is 0 Å². The molecule has 0 saturated heterocycles. The quantitative estimate of drug-likeness (QED) is 0.486. The second kappa shape index (κ2) is 1.87. The zero-order chi connectivity index (χ0) is 7.30. The molecule has 0 spiro atoms. The average molecular weight is 136 g/mol. The Kier molecular flexibility index (Phi) is 1.21. The summed E-state index contributed by atoms with van der Waals surface area (Å²) in [5, 5.41) is 0. The molecule has 0 amide bonds. The fraction of sp³-hybridized carbons (Fsp3) is 0.800. The zero-order valence-electron chi connectivity index (χ0n) is 7.09. The van der Waals surface area contributed by atoms with Gasteiger partial charge in [0.25, 0.3) is 0 Å². The molecule has 10 heavy (non-hydrogen) atoms. The highest BCUT2D eigenvalue weighted by Gasteiger charge is 2.53. The SMILES string of the molecule is CC1=CCC2C1C2C(C)C. The Morgan fingerprint density at radius 3 is 2.50 bits per heavy atom. The molecule has 56 valence electrons. The molecule has 0 radical (unpaired) electrons. The van der Waals surface area contributed by atoms with Crippen molar-refractivity contribution in [2.75, 3.05) is 0 Å². The van der Waals surface area contributed by atoms with Gasteiger partial charge in [-0.1, -0.05) is 25.5 Å². The lowest BCUT2D eigenvalue weighted by molar-refractivity contribution is 0.503. The van der Waals surface area contributed by atoms with Crippen LogP contribution in [0.2, 0.25) is 0 Å². The highest BCUT2D eigenvalue weighted by atomic mass is 14.6. The molecule has 0 aliphatic heterocycles. The molecular weight excluding hydrogens is 120 g/mol. The molecule has 3 unspecified atom stereocenters. The molecule has 0 aromatic rings. The van der Waals surface area contributed by atoms with Gasteiger partial charge in [-0.05, 0) is 37.0 Å². The molecule has 0 nitrogen and oxygen atoms in total. The van der Waals surface area contributed by atoms with Crippen molar-refractivity contribution in [3.05, 3.63) is 11.6 Å². The van der Waals surface area contributed by atoms with Crippen molar-refractivity contribution in [3.8, 4) is 0 Å². The Hall–Kier alpha value is -0.260. The van der Waals surface area contributed by atoms with Gasteiger partial charge in [-0.3, -0.25) is 0 Å². The number of hydrogen-bond donors (Lipinski definition) is 0. The predicted octanol–water partition coefficient (Wildman–Crippen LogP) is 2.85. The van der Waals surface area contributed by atoms with Gasteiger partial charge in [-0.25, -0.2) is 0 Å². The first kappa shape index (κ1) is 6.45. The lowest BCUT2D eigenvalue weighted by atomic mass is 10.0. The summed E-state index contributed by atoms with van der Waals surface area (Å²) in [6.45, 7) is 7.01. The number of allylic oxidation sites excluding steroid dienone is 2. The molecule has 0 N–H and O–H groups in total. The van der Waals surface area contributed by atoms with Crippen LogP contribution in [-0.4, -0.2) is 0 Å². The Balaban J connectivity index is 2.06. The summed E-state index contributed by atoms with van der Waals surface area (Å²) in [6, 6.07) is 0. The van der Waals surface area contributed by atoms with Crippen molar-refractivity contribution in [3.63, 3.8) is 0 Å². The second-order valence-corrected chi connectivity index (χ2v) is 4.19. The summed E-state index contributed by atoms with van der Waals surface area (Å²) in [7, 11) is 0. The van der Waals surface area contributed by atoms with Crippen molar-refractivity contribution in [1.82, 2.24) is 0 Å². The fourth-order valence-corrected chi connectivity index (χ4v) is 2.71. The van der Waals surface area contributed by atoms with Gasteiger partial charge in [0.2, 0.25) is 0 Å². The minimum Gasteiger partial charge on any atom is -0.0850 e. The standard InChI is InChI=1S/C10H16/c1-6(2)9-8-5-4-7(3)10(8)9/h4,6,8-10H,5H2,1-3H3. The maximum atomic E-state index is 2.42. The van der Waals surface area contributed by atoms with Gasteiger partial charge in [0.05, 0.1) is 0 Å². The third kappa shape index (κ3) is 0.680. The van der Waals surface area contributed by atoms with E-state index in [1.54, 1.807) is 5.57 Å². The van der Waals surface area contributed by atoms with Gasteiger partial charge >= 0.3 is 0 Å². The van der Waals surface area contributed by atoms with Crippen molar-refractivity contribution in [1.29, 1.82) is 0 Å². The lowest BCUT2D eigenvalue weighted by Crippen LogP contribution is -1.95. The van der Waals surface area contributed by atoms with Crippen LogP contribution < -0.4 is 0 Å². The molecule has 0 bridgehead atoms. The van der Waals surface area contributed by atoms with Gasteiger partial charge < -0.3 is 0 Å².